The Morgan fingerprint density at radius 3 is 2.14 bits per heavy atom. The van der Waals surface area contributed by atoms with Crippen LogP contribution >= 0.6 is 0 Å². The minimum atomic E-state index is -0.687. The van der Waals surface area contributed by atoms with E-state index in [4.69, 9.17) is 19.6 Å². The predicted molar refractivity (Wildman–Crippen MR) is 213 cm³/mol. The van der Waals surface area contributed by atoms with E-state index in [9.17, 15) is 14.4 Å². The first-order chi connectivity index (χ1) is 27.1. The molecule has 2 fully saturated rings. The maximum Gasteiger partial charge on any atom is 0.407 e. The molecule has 0 spiro atoms. The zero-order valence-corrected chi connectivity index (χ0v) is 32.7. The number of nitrogens with one attached hydrogen (secondary N) is 3. The number of carbonyl (C=O) groups excluding carboxylic acids is 3. The zero-order chi connectivity index (χ0) is 39.5. The number of aromatic nitrogens is 4. The van der Waals surface area contributed by atoms with Crippen molar-refractivity contribution in [3.63, 3.8) is 0 Å². The Bertz CT molecular complexity index is 2240. The Hall–Kier alpha value is -5.76. The van der Waals surface area contributed by atoms with Crippen LogP contribution in [0.3, 0.4) is 0 Å². The second-order valence-electron chi connectivity index (χ2n) is 15.2. The lowest BCUT2D eigenvalue weighted by Crippen LogP contribution is -2.51. The third-order valence-electron chi connectivity index (χ3n) is 10.9. The summed E-state index contributed by atoms with van der Waals surface area (Å²) in [4.78, 5) is 73.4. The van der Waals surface area contributed by atoms with Crippen LogP contribution in [-0.2, 0) is 24.1 Å². The molecule has 0 saturated carbocycles. The van der Waals surface area contributed by atoms with Crippen LogP contribution in [0.15, 0.2) is 65.8 Å². The fourth-order valence-electron chi connectivity index (χ4n) is 7.93. The van der Waals surface area contributed by atoms with Gasteiger partial charge in [-0.05, 0) is 83.7 Å². The SMILES string of the molecule is COO/C=N\[C@H](C(=O)N1CCC[C@H]1c1nc2cc(-c3ccc4cc(-c5c[nH]c([C@@H]6CCCN6C(=O)[C@@H](NC(=O)OC)C(C)C)n5)ccc4c3)ccc2[nH]1)C(C)C. The first-order valence-electron chi connectivity index (χ1n) is 19.3. The first-order valence-corrected chi connectivity index (χ1v) is 19.3. The van der Waals surface area contributed by atoms with Crippen molar-refractivity contribution in [2.24, 2.45) is 16.8 Å². The lowest BCUT2D eigenvalue weighted by Gasteiger charge is -2.29. The molecule has 4 heterocycles. The van der Waals surface area contributed by atoms with E-state index in [1.807, 2.05) is 49.8 Å². The highest BCUT2D eigenvalue weighted by molar-refractivity contribution is 5.92. The number of fused-ring (bicyclic) bond motifs is 2. The van der Waals surface area contributed by atoms with Crippen LogP contribution in [0.5, 0.6) is 0 Å². The van der Waals surface area contributed by atoms with Crippen LogP contribution in [0.2, 0.25) is 0 Å². The van der Waals surface area contributed by atoms with E-state index in [1.165, 1.54) is 20.6 Å². The van der Waals surface area contributed by atoms with Crippen molar-refractivity contribution in [1.29, 1.82) is 0 Å². The molecule has 3 aromatic carbocycles. The van der Waals surface area contributed by atoms with Gasteiger partial charge in [-0.25, -0.2) is 19.8 Å². The molecule has 14 nitrogen and oxygen atoms in total. The largest absolute Gasteiger partial charge is 0.453 e. The van der Waals surface area contributed by atoms with Crippen LogP contribution in [0.4, 0.5) is 4.79 Å². The summed E-state index contributed by atoms with van der Waals surface area (Å²) in [7, 11) is 2.69. The molecule has 2 aliphatic heterocycles. The Kier molecular flexibility index (Phi) is 11.4. The van der Waals surface area contributed by atoms with Crippen molar-refractivity contribution in [2.45, 2.75) is 77.5 Å². The predicted octanol–water partition coefficient (Wildman–Crippen LogP) is 7.11. The number of carbonyl (C=O) groups is 3. The molecule has 2 aliphatic rings. The molecule has 4 atom stereocenters. The number of likely N-dealkylation sites (tertiary alicyclic amines) is 2. The molecule has 7 rings (SSSR count). The van der Waals surface area contributed by atoms with Gasteiger partial charge in [0.2, 0.25) is 18.2 Å². The summed E-state index contributed by atoms with van der Waals surface area (Å²) in [5.74, 6) is 1.20. The molecule has 0 aliphatic carbocycles. The molecule has 3 amide bonds. The monoisotopic (exact) mass is 762 g/mol. The summed E-state index contributed by atoms with van der Waals surface area (Å²) in [6, 6.07) is 17.3. The van der Waals surface area contributed by atoms with Crippen LogP contribution in [0, 0.1) is 11.8 Å². The van der Waals surface area contributed by atoms with Gasteiger partial charge in [0.05, 0.1) is 43.0 Å². The third-order valence-corrected chi connectivity index (χ3v) is 10.9. The number of imidazole rings is 2. The van der Waals surface area contributed by atoms with Gasteiger partial charge in [-0.2, -0.15) is 4.89 Å². The van der Waals surface area contributed by atoms with Crippen LogP contribution < -0.4 is 5.32 Å². The number of benzene rings is 3. The number of hydrogen-bond acceptors (Lipinski definition) is 9. The highest BCUT2D eigenvalue weighted by atomic mass is 17.2. The van der Waals surface area contributed by atoms with Crippen molar-refractivity contribution in [3.05, 3.63) is 72.4 Å². The molecule has 56 heavy (non-hydrogen) atoms. The number of ether oxygens (including phenoxy) is 1. The fourth-order valence-corrected chi connectivity index (χ4v) is 7.93. The summed E-state index contributed by atoms with van der Waals surface area (Å²) >= 11 is 0. The molecular weight excluding hydrogens is 713 g/mol. The Labute approximate surface area is 326 Å². The van der Waals surface area contributed by atoms with E-state index >= 15 is 0 Å². The van der Waals surface area contributed by atoms with Gasteiger partial charge >= 0.3 is 6.09 Å². The summed E-state index contributed by atoms with van der Waals surface area (Å²) in [5.41, 5.74) is 5.64. The van der Waals surface area contributed by atoms with Gasteiger partial charge in [-0.15, -0.1) is 0 Å². The Morgan fingerprint density at radius 1 is 0.821 bits per heavy atom. The number of amides is 3. The van der Waals surface area contributed by atoms with Gasteiger partial charge in [0.25, 0.3) is 0 Å². The van der Waals surface area contributed by atoms with Crippen LogP contribution in [-0.4, -0.2) is 93.4 Å². The second-order valence-corrected chi connectivity index (χ2v) is 15.2. The number of hydrogen-bond donors (Lipinski definition) is 3. The van der Waals surface area contributed by atoms with E-state index in [-0.39, 0.29) is 35.7 Å². The van der Waals surface area contributed by atoms with E-state index in [0.29, 0.717) is 13.1 Å². The molecule has 2 saturated heterocycles. The average Bonchev–Trinajstić information content (AvgIpc) is 4.03. The number of nitrogens with zero attached hydrogens (tertiary/aromatic N) is 5. The Morgan fingerprint density at radius 2 is 1.46 bits per heavy atom. The molecule has 2 aromatic heterocycles. The number of rotatable bonds is 12. The van der Waals surface area contributed by atoms with E-state index in [0.717, 1.165) is 81.5 Å². The quantitative estimate of drug-likeness (QED) is 0.0523. The van der Waals surface area contributed by atoms with Gasteiger partial charge in [0.15, 0.2) is 0 Å². The second kappa shape index (κ2) is 16.5. The van der Waals surface area contributed by atoms with Gasteiger partial charge in [-0.3, -0.25) is 9.59 Å². The maximum absolute atomic E-state index is 13.6. The van der Waals surface area contributed by atoms with Crippen molar-refractivity contribution < 1.29 is 28.9 Å². The molecule has 5 aromatic rings. The number of alkyl carbamates (subject to hydrolysis) is 1. The summed E-state index contributed by atoms with van der Waals surface area (Å²) in [6.07, 6.45) is 5.80. The Balaban J connectivity index is 1.07. The number of methoxy groups -OCH3 is 1. The molecule has 14 heteroatoms. The van der Waals surface area contributed by atoms with Gasteiger partial charge in [0, 0.05) is 24.8 Å². The zero-order valence-electron chi connectivity index (χ0n) is 32.7. The molecule has 0 radical (unpaired) electrons. The third kappa shape index (κ3) is 7.83. The van der Waals surface area contributed by atoms with Crippen molar-refractivity contribution in [1.82, 2.24) is 35.1 Å². The molecule has 0 bridgehead atoms. The van der Waals surface area contributed by atoms with E-state index in [2.05, 4.69) is 73.7 Å². The molecular formula is C42H50N8O6. The van der Waals surface area contributed by atoms with E-state index < -0.39 is 18.2 Å². The normalized spacial score (nSPS) is 18.4. The van der Waals surface area contributed by atoms with Gasteiger partial charge in [0.1, 0.15) is 23.7 Å². The number of aliphatic imine (C=N–C) groups is 1. The maximum atomic E-state index is 13.6. The topological polar surface area (TPSA) is 167 Å². The van der Waals surface area contributed by atoms with Crippen molar-refractivity contribution in [3.8, 4) is 22.4 Å². The summed E-state index contributed by atoms with van der Waals surface area (Å²) in [6.45, 7) is 8.99. The van der Waals surface area contributed by atoms with Gasteiger partial charge < -0.3 is 34.7 Å². The standard InChI is InChI=1S/C42H50N8O6/c1-24(2)36(44-23-56-55-6)40(51)50-18-8-10-35(50)39-45-31-16-15-29(21-32(31)46-39)27-11-12-28-20-30(14-13-26(28)19-27)33-22-43-38(47-33)34-9-7-17-49(34)41(52)37(25(3)4)48-42(53)54-5/h11-16,19-25,34-37H,7-10,17-18H2,1-6H3,(H,43,47)(H,45,46)(H,48,53)/b44-23-/t34-,35-,36-,37-/m0/s1. The minimum absolute atomic E-state index is 0.0140. The minimum Gasteiger partial charge on any atom is -0.453 e. The summed E-state index contributed by atoms with van der Waals surface area (Å²) in [5, 5.41) is 4.87. The highest BCUT2D eigenvalue weighted by Gasteiger charge is 2.38. The average molecular weight is 763 g/mol. The lowest BCUT2D eigenvalue weighted by molar-refractivity contribution is -0.188. The first kappa shape index (κ1) is 38.5. The van der Waals surface area contributed by atoms with Gasteiger partial charge in [-0.1, -0.05) is 58.0 Å². The number of H-pyrrole nitrogens is 2. The van der Waals surface area contributed by atoms with Crippen molar-refractivity contribution in [2.75, 3.05) is 27.3 Å². The summed E-state index contributed by atoms with van der Waals surface area (Å²) < 4.78 is 4.77. The fraction of sp³-hybridized carbons (Fsp3) is 0.429. The molecule has 0 unspecified atom stereocenters. The van der Waals surface area contributed by atoms with Crippen LogP contribution in [0.25, 0.3) is 44.2 Å². The molecule has 294 valence electrons. The van der Waals surface area contributed by atoms with Crippen LogP contribution in [0.1, 0.15) is 77.1 Å². The lowest BCUT2D eigenvalue weighted by atomic mass is 9.99. The van der Waals surface area contributed by atoms with Crippen molar-refractivity contribution >= 4 is 46.1 Å². The number of aromatic amines is 2. The molecule has 3 N–H and O–H groups in total. The smallest absolute Gasteiger partial charge is 0.407 e. The van der Waals surface area contributed by atoms with E-state index in [1.54, 1.807) is 0 Å². The highest BCUT2D eigenvalue weighted by Crippen LogP contribution is 2.36.